The van der Waals surface area contributed by atoms with E-state index in [1.807, 2.05) is 7.05 Å². The van der Waals surface area contributed by atoms with Gasteiger partial charge in [0.2, 0.25) is 0 Å². The monoisotopic (exact) mass is 186 g/mol. The second-order valence-corrected chi connectivity index (χ2v) is 3.32. The van der Waals surface area contributed by atoms with Gasteiger partial charge >= 0.3 is 0 Å². The number of ether oxygens (including phenoxy) is 1. The van der Waals surface area contributed by atoms with Crippen molar-refractivity contribution in [2.45, 2.75) is 19.4 Å². The molecule has 0 rings (SSSR count). The summed E-state index contributed by atoms with van der Waals surface area (Å²) >= 11 is 0. The molecule has 0 saturated heterocycles. The average Bonchev–Trinajstić information content (AvgIpc) is 2.05. The van der Waals surface area contributed by atoms with Crippen LogP contribution in [0.25, 0.3) is 0 Å². The molecule has 0 aromatic heterocycles. The summed E-state index contributed by atoms with van der Waals surface area (Å²) in [5.41, 5.74) is 0.108. The number of rotatable bonds is 7. The molecule has 0 amide bonds. The Hall–Kier alpha value is -0.870. The van der Waals surface area contributed by atoms with Crippen molar-refractivity contribution in [2.75, 3.05) is 20.3 Å². The second kappa shape index (κ2) is 5.72. The Morgan fingerprint density at radius 3 is 2.69 bits per heavy atom. The molecule has 0 bridgehead atoms. The van der Waals surface area contributed by atoms with E-state index in [1.165, 1.54) is 0 Å². The highest BCUT2D eigenvalue weighted by molar-refractivity contribution is 5.60. The van der Waals surface area contributed by atoms with E-state index in [0.29, 0.717) is 13.3 Å². The van der Waals surface area contributed by atoms with Gasteiger partial charge in [-0.1, -0.05) is 6.58 Å². The first-order valence-corrected chi connectivity index (χ1v) is 4.18. The van der Waals surface area contributed by atoms with Crippen molar-refractivity contribution in [3.05, 3.63) is 12.3 Å². The van der Waals surface area contributed by atoms with Crippen LogP contribution < -0.4 is 10.6 Å². The minimum Gasteiger partial charge on any atom is -0.365 e. The summed E-state index contributed by atoms with van der Waals surface area (Å²) in [6, 6.07) is 0. The van der Waals surface area contributed by atoms with Crippen LogP contribution in [0.5, 0.6) is 0 Å². The SMILES string of the molecule is C=C(CNC)NCOC(C)(C)C=O. The Kier molecular flexibility index (Phi) is 5.34. The molecule has 0 aromatic rings. The van der Waals surface area contributed by atoms with E-state index in [1.54, 1.807) is 13.8 Å². The highest BCUT2D eigenvalue weighted by Crippen LogP contribution is 2.02. The number of carbonyl (C=O) groups excluding carboxylic acids is 1. The molecule has 76 valence electrons. The van der Waals surface area contributed by atoms with Crippen LogP contribution in [0.15, 0.2) is 12.3 Å². The average molecular weight is 186 g/mol. The van der Waals surface area contributed by atoms with Crippen molar-refractivity contribution in [2.24, 2.45) is 0 Å². The van der Waals surface area contributed by atoms with E-state index in [4.69, 9.17) is 4.74 Å². The Bertz CT molecular complexity index is 178. The van der Waals surface area contributed by atoms with Gasteiger partial charge < -0.3 is 20.2 Å². The highest BCUT2D eigenvalue weighted by Gasteiger charge is 2.15. The first kappa shape index (κ1) is 12.1. The van der Waals surface area contributed by atoms with Crippen LogP contribution in [0.3, 0.4) is 0 Å². The lowest BCUT2D eigenvalue weighted by atomic mass is 10.2. The summed E-state index contributed by atoms with van der Waals surface area (Å²) in [6.45, 7) is 8.15. The molecule has 13 heavy (non-hydrogen) atoms. The summed E-state index contributed by atoms with van der Waals surface area (Å²) in [4.78, 5) is 10.4. The second-order valence-electron chi connectivity index (χ2n) is 3.32. The molecule has 4 nitrogen and oxygen atoms in total. The van der Waals surface area contributed by atoms with Crippen LogP contribution >= 0.6 is 0 Å². The third kappa shape index (κ3) is 6.31. The maximum atomic E-state index is 10.4. The molecule has 0 aliphatic heterocycles. The highest BCUT2D eigenvalue weighted by atomic mass is 16.5. The molecular formula is C9H18N2O2. The molecule has 0 fully saturated rings. The Labute approximate surface area is 79.3 Å². The number of likely N-dealkylation sites (N-methyl/N-ethyl adjacent to an activating group) is 1. The largest absolute Gasteiger partial charge is 0.365 e. The fourth-order valence-electron chi connectivity index (χ4n) is 0.634. The van der Waals surface area contributed by atoms with Crippen LogP contribution in [-0.2, 0) is 9.53 Å². The van der Waals surface area contributed by atoms with E-state index in [-0.39, 0.29) is 0 Å². The van der Waals surface area contributed by atoms with Crippen LogP contribution in [0.1, 0.15) is 13.8 Å². The fourth-order valence-corrected chi connectivity index (χ4v) is 0.634. The molecule has 0 aliphatic rings. The van der Waals surface area contributed by atoms with Gasteiger partial charge in [0.25, 0.3) is 0 Å². The molecule has 0 radical (unpaired) electrons. The predicted molar refractivity (Wildman–Crippen MR) is 52.3 cm³/mol. The molecule has 0 heterocycles. The summed E-state index contributed by atoms with van der Waals surface area (Å²) in [6.07, 6.45) is 0.773. The Morgan fingerprint density at radius 1 is 1.62 bits per heavy atom. The number of aldehydes is 1. The van der Waals surface area contributed by atoms with Crippen molar-refractivity contribution in [3.63, 3.8) is 0 Å². The van der Waals surface area contributed by atoms with E-state index in [0.717, 1.165) is 12.0 Å². The summed E-state index contributed by atoms with van der Waals surface area (Å²) in [5.74, 6) is 0. The Balaban J connectivity index is 3.55. The third-order valence-corrected chi connectivity index (χ3v) is 1.44. The summed E-state index contributed by atoms with van der Waals surface area (Å²) < 4.78 is 5.23. The van der Waals surface area contributed by atoms with Gasteiger partial charge in [-0.15, -0.1) is 0 Å². The zero-order chi connectivity index (χ0) is 10.3. The van der Waals surface area contributed by atoms with Crippen LogP contribution in [0, 0.1) is 0 Å². The lowest BCUT2D eigenvalue weighted by Crippen LogP contribution is -2.32. The zero-order valence-electron chi connectivity index (χ0n) is 8.52. The lowest BCUT2D eigenvalue weighted by Gasteiger charge is -2.19. The molecule has 2 N–H and O–H groups in total. The van der Waals surface area contributed by atoms with Gasteiger partial charge in [0.05, 0.1) is 0 Å². The van der Waals surface area contributed by atoms with E-state index in [9.17, 15) is 4.79 Å². The van der Waals surface area contributed by atoms with Gasteiger partial charge in [-0.05, 0) is 20.9 Å². The minimum atomic E-state index is -0.729. The van der Waals surface area contributed by atoms with Crippen molar-refractivity contribution < 1.29 is 9.53 Å². The van der Waals surface area contributed by atoms with Gasteiger partial charge in [0.1, 0.15) is 12.3 Å². The Morgan fingerprint density at radius 2 is 2.23 bits per heavy atom. The molecule has 0 aliphatic carbocycles. The molecular weight excluding hydrogens is 168 g/mol. The van der Waals surface area contributed by atoms with Crippen LogP contribution in [0.4, 0.5) is 0 Å². The molecule has 0 saturated carbocycles. The van der Waals surface area contributed by atoms with E-state index < -0.39 is 5.60 Å². The van der Waals surface area contributed by atoms with Gasteiger partial charge in [-0.25, -0.2) is 0 Å². The first-order valence-electron chi connectivity index (χ1n) is 4.18. The maximum Gasteiger partial charge on any atom is 0.151 e. The number of nitrogens with one attached hydrogen (secondary N) is 2. The van der Waals surface area contributed by atoms with Crippen LogP contribution in [-0.4, -0.2) is 32.2 Å². The number of hydrogen-bond acceptors (Lipinski definition) is 4. The van der Waals surface area contributed by atoms with Crippen molar-refractivity contribution in [3.8, 4) is 0 Å². The van der Waals surface area contributed by atoms with Crippen molar-refractivity contribution >= 4 is 6.29 Å². The predicted octanol–water partition coefficient (Wildman–Crippen LogP) is 0.261. The van der Waals surface area contributed by atoms with Gasteiger partial charge in [0, 0.05) is 12.2 Å². The smallest absolute Gasteiger partial charge is 0.151 e. The summed E-state index contributed by atoms with van der Waals surface area (Å²) in [7, 11) is 1.84. The van der Waals surface area contributed by atoms with Crippen molar-refractivity contribution in [1.82, 2.24) is 10.6 Å². The standard InChI is InChI=1S/C9H18N2O2/c1-8(5-10-4)11-7-13-9(2,3)6-12/h6,10-11H,1,5,7H2,2-4H3. The molecule has 0 spiro atoms. The number of hydrogen-bond donors (Lipinski definition) is 2. The van der Waals surface area contributed by atoms with Crippen molar-refractivity contribution in [1.29, 1.82) is 0 Å². The molecule has 0 atom stereocenters. The zero-order valence-corrected chi connectivity index (χ0v) is 8.52. The lowest BCUT2D eigenvalue weighted by molar-refractivity contribution is -0.127. The quantitative estimate of drug-likeness (QED) is 0.442. The first-order chi connectivity index (χ1) is 6.02. The summed E-state index contributed by atoms with van der Waals surface area (Å²) in [5, 5.41) is 5.88. The van der Waals surface area contributed by atoms with Gasteiger partial charge in [0.15, 0.2) is 6.29 Å². The third-order valence-electron chi connectivity index (χ3n) is 1.44. The van der Waals surface area contributed by atoms with Gasteiger partial charge in [-0.2, -0.15) is 0 Å². The number of carbonyl (C=O) groups is 1. The van der Waals surface area contributed by atoms with E-state index in [2.05, 4.69) is 17.2 Å². The molecule has 0 unspecified atom stereocenters. The minimum absolute atomic E-state index is 0.298. The molecule has 0 aromatic carbocycles. The maximum absolute atomic E-state index is 10.4. The normalized spacial score (nSPS) is 11.0. The van der Waals surface area contributed by atoms with Gasteiger partial charge in [-0.3, -0.25) is 0 Å². The topological polar surface area (TPSA) is 50.4 Å². The molecule has 4 heteroatoms. The van der Waals surface area contributed by atoms with E-state index >= 15 is 0 Å². The van der Waals surface area contributed by atoms with Crippen LogP contribution in [0.2, 0.25) is 0 Å². The fraction of sp³-hybridized carbons (Fsp3) is 0.667.